The standard InChI is InChI=1S/C13H16O2/c1-3-15-12-9-11(14)13(12,2)10-7-5-4-6-8-10/h4-8,12H,3,9H2,1-2H3/t12-,13-/m1/s1. The van der Waals surface area contributed by atoms with E-state index in [0.29, 0.717) is 13.0 Å². The first-order valence-corrected chi connectivity index (χ1v) is 5.40. The number of rotatable bonds is 3. The summed E-state index contributed by atoms with van der Waals surface area (Å²) in [5, 5.41) is 0. The third kappa shape index (κ3) is 1.49. The van der Waals surface area contributed by atoms with Crippen LogP contribution >= 0.6 is 0 Å². The van der Waals surface area contributed by atoms with Crippen LogP contribution < -0.4 is 0 Å². The van der Waals surface area contributed by atoms with Gasteiger partial charge in [0.15, 0.2) is 0 Å². The fourth-order valence-electron chi connectivity index (χ4n) is 2.19. The van der Waals surface area contributed by atoms with Gasteiger partial charge in [0.2, 0.25) is 0 Å². The molecular formula is C13H16O2. The smallest absolute Gasteiger partial charge is 0.148 e. The molecule has 0 aliphatic heterocycles. The molecule has 15 heavy (non-hydrogen) atoms. The first-order chi connectivity index (χ1) is 7.19. The number of carbonyl (C=O) groups is 1. The lowest BCUT2D eigenvalue weighted by molar-refractivity contribution is -0.148. The average molecular weight is 204 g/mol. The van der Waals surface area contributed by atoms with Gasteiger partial charge in [-0.1, -0.05) is 30.3 Å². The maximum atomic E-state index is 11.8. The zero-order chi connectivity index (χ0) is 10.9. The van der Waals surface area contributed by atoms with Crippen molar-refractivity contribution in [3.63, 3.8) is 0 Å². The minimum Gasteiger partial charge on any atom is -0.377 e. The number of Topliss-reactive ketones (excluding diaryl/α,β-unsaturated/α-hetero) is 1. The van der Waals surface area contributed by atoms with Gasteiger partial charge < -0.3 is 4.74 Å². The van der Waals surface area contributed by atoms with Crippen LogP contribution in [0.5, 0.6) is 0 Å². The van der Waals surface area contributed by atoms with Crippen molar-refractivity contribution >= 4 is 5.78 Å². The highest BCUT2D eigenvalue weighted by molar-refractivity contribution is 5.97. The first-order valence-electron chi connectivity index (χ1n) is 5.40. The van der Waals surface area contributed by atoms with Gasteiger partial charge in [-0.2, -0.15) is 0 Å². The topological polar surface area (TPSA) is 26.3 Å². The van der Waals surface area contributed by atoms with Gasteiger partial charge in [-0.25, -0.2) is 0 Å². The zero-order valence-corrected chi connectivity index (χ0v) is 9.19. The Morgan fingerprint density at radius 2 is 2.07 bits per heavy atom. The summed E-state index contributed by atoms with van der Waals surface area (Å²) in [5.41, 5.74) is 0.650. The van der Waals surface area contributed by atoms with Gasteiger partial charge >= 0.3 is 0 Å². The molecule has 1 aromatic rings. The number of hydrogen-bond donors (Lipinski definition) is 0. The molecule has 2 rings (SSSR count). The lowest BCUT2D eigenvalue weighted by Crippen LogP contribution is -2.56. The van der Waals surface area contributed by atoms with E-state index in [0.717, 1.165) is 5.56 Å². The molecule has 1 fully saturated rings. The van der Waals surface area contributed by atoms with E-state index in [2.05, 4.69) is 0 Å². The van der Waals surface area contributed by atoms with Gasteiger partial charge in [0.25, 0.3) is 0 Å². The number of carbonyl (C=O) groups excluding carboxylic acids is 1. The van der Waals surface area contributed by atoms with E-state index in [4.69, 9.17) is 4.74 Å². The summed E-state index contributed by atoms with van der Waals surface area (Å²) in [6, 6.07) is 9.90. The second-order valence-corrected chi connectivity index (χ2v) is 4.14. The molecule has 1 aliphatic rings. The molecular weight excluding hydrogens is 188 g/mol. The Morgan fingerprint density at radius 3 is 2.60 bits per heavy atom. The number of hydrogen-bond acceptors (Lipinski definition) is 2. The lowest BCUT2D eigenvalue weighted by atomic mass is 9.62. The van der Waals surface area contributed by atoms with E-state index in [1.165, 1.54) is 0 Å². The molecule has 2 nitrogen and oxygen atoms in total. The maximum Gasteiger partial charge on any atom is 0.148 e. The molecule has 0 bridgehead atoms. The Labute approximate surface area is 90.3 Å². The van der Waals surface area contributed by atoms with Crippen LogP contribution in [-0.2, 0) is 14.9 Å². The van der Waals surface area contributed by atoms with Crippen LogP contribution in [0.25, 0.3) is 0 Å². The monoisotopic (exact) mass is 204 g/mol. The molecule has 80 valence electrons. The first kappa shape index (κ1) is 10.4. The number of ether oxygens (including phenoxy) is 1. The summed E-state index contributed by atoms with van der Waals surface area (Å²) >= 11 is 0. The quantitative estimate of drug-likeness (QED) is 0.755. The summed E-state index contributed by atoms with van der Waals surface area (Å²) in [6.07, 6.45) is 0.608. The second-order valence-electron chi connectivity index (χ2n) is 4.14. The fourth-order valence-corrected chi connectivity index (χ4v) is 2.19. The lowest BCUT2D eigenvalue weighted by Gasteiger charge is -2.45. The maximum absolute atomic E-state index is 11.8. The Bertz CT molecular complexity index is 358. The second kappa shape index (κ2) is 3.78. The molecule has 2 atom stereocenters. The molecule has 1 saturated carbocycles. The minimum absolute atomic E-state index is 0.0531. The highest BCUT2D eigenvalue weighted by atomic mass is 16.5. The third-order valence-electron chi connectivity index (χ3n) is 3.34. The highest BCUT2D eigenvalue weighted by Gasteiger charge is 2.52. The minimum atomic E-state index is -0.419. The van der Waals surface area contributed by atoms with Crippen molar-refractivity contribution in [1.82, 2.24) is 0 Å². The molecule has 2 heteroatoms. The summed E-state index contributed by atoms with van der Waals surface area (Å²) < 4.78 is 5.60. The fraction of sp³-hybridized carbons (Fsp3) is 0.462. The summed E-state index contributed by atoms with van der Waals surface area (Å²) in [7, 11) is 0. The largest absolute Gasteiger partial charge is 0.377 e. The van der Waals surface area contributed by atoms with Gasteiger partial charge in [-0.05, 0) is 19.4 Å². The number of benzene rings is 1. The van der Waals surface area contributed by atoms with Crippen LogP contribution in [-0.4, -0.2) is 18.5 Å². The van der Waals surface area contributed by atoms with E-state index >= 15 is 0 Å². The van der Waals surface area contributed by atoms with E-state index < -0.39 is 5.41 Å². The van der Waals surface area contributed by atoms with Crippen LogP contribution in [0.15, 0.2) is 30.3 Å². The molecule has 0 unspecified atom stereocenters. The summed E-state index contributed by atoms with van der Waals surface area (Å²) in [5.74, 6) is 0.284. The Morgan fingerprint density at radius 1 is 1.40 bits per heavy atom. The third-order valence-corrected chi connectivity index (χ3v) is 3.34. The van der Waals surface area contributed by atoms with Crippen molar-refractivity contribution in [2.45, 2.75) is 31.8 Å². The van der Waals surface area contributed by atoms with Crippen molar-refractivity contribution in [2.24, 2.45) is 0 Å². The Kier molecular flexibility index (Phi) is 2.61. The SMILES string of the molecule is CCO[C@@H]1CC(=O)[C@@]1(C)c1ccccc1. The predicted octanol–water partition coefficient (Wildman–Crippen LogP) is 2.32. The Balaban J connectivity index is 2.28. The van der Waals surface area contributed by atoms with Crippen LogP contribution in [0, 0.1) is 0 Å². The molecule has 1 aliphatic carbocycles. The molecule has 0 saturated heterocycles. The molecule has 0 aromatic heterocycles. The van der Waals surface area contributed by atoms with Crippen LogP contribution in [0.4, 0.5) is 0 Å². The van der Waals surface area contributed by atoms with E-state index in [-0.39, 0.29) is 11.9 Å². The average Bonchev–Trinajstić information content (AvgIpc) is 2.29. The van der Waals surface area contributed by atoms with Crippen molar-refractivity contribution in [2.75, 3.05) is 6.61 Å². The van der Waals surface area contributed by atoms with Gasteiger partial charge in [-0.15, -0.1) is 0 Å². The van der Waals surface area contributed by atoms with Crippen molar-refractivity contribution in [3.05, 3.63) is 35.9 Å². The van der Waals surface area contributed by atoms with Crippen molar-refractivity contribution in [3.8, 4) is 0 Å². The molecule has 0 N–H and O–H groups in total. The molecule has 0 amide bonds. The van der Waals surface area contributed by atoms with E-state index in [9.17, 15) is 4.79 Å². The molecule has 1 aromatic carbocycles. The van der Waals surface area contributed by atoms with Gasteiger partial charge in [0.05, 0.1) is 11.5 Å². The van der Waals surface area contributed by atoms with Gasteiger partial charge in [-0.3, -0.25) is 4.79 Å². The van der Waals surface area contributed by atoms with E-state index in [1.54, 1.807) is 0 Å². The van der Waals surface area contributed by atoms with Crippen LogP contribution in [0.3, 0.4) is 0 Å². The zero-order valence-electron chi connectivity index (χ0n) is 9.19. The van der Waals surface area contributed by atoms with Crippen molar-refractivity contribution in [1.29, 1.82) is 0 Å². The number of ketones is 1. The normalized spacial score (nSPS) is 30.0. The molecule has 0 radical (unpaired) electrons. The Hall–Kier alpha value is -1.15. The van der Waals surface area contributed by atoms with E-state index in [1.807, 2.05) is 44.2 Å². The molecule has 0 heterocycles. The summed E-state index contributed by atoms with van der Waals surface area (Å²) in [6.45, 7) is 4.61. The van der Waals surface area contributed by atoms with Crippen molar-refractivity contribution < 1.29 is 9.53 Å². The van der Waals surface area contributed by atoms with Gasteiger partial charge in [0, 0.05) is 13.0 Å². The van der Waals surface area contributed by atoms with Gasteiger partial charge in [0.1, 0.15) is 5.78 Å². The predicted molar refractivity (Wildman–Crippen MR) is 58.8 cm³/mol. The van der Waals surface area contributed by atoms with Crippen LogP contribution in [0.1, 0.15) is 25.8 Å². The summed E-state index contributed by atoms with van der Waals surface area (Å²) in [4.78, 5) is 11.8. The van der Waals surface area contributed by atoms with Crippen LogP contribution in [0.2, 0.25) is 0 Å². The highest BCUT2D eigenvalue weighted by Crippen LogP contribution is 2.42. The molecule has 0 spiro atoms.